The van der Waals surface area contributed by atoms with Crippen molar-refractivity contribution in [1.82, 2.24) is 5.32 Å². The largest absolute Gasteiger partial charge is 0.381 e. The number of hydrogen-bond acceptors (Lipinski definition) is 3. The molecule has 4 heteroatoms. The standard InChI is InChI=1S/C6H13FN2O/c1-10-4-6(7)3-9-2-5(6)8/h5,9H,2-4,8H2,1H3. The van der Waals surface area contributed by atoms with E-state index in [9.17, 15) is 4.39 Å². The lowest BCUT2D eigenvalue weighted by Crippen LogP contribution is -2.46. The van der Waals surface area contributed by atoms with Crippen molar-refractivity contribution in [3.63, 3.8) is 0 Å². The molecule has 1 aliphatic rings. The first-order valence-electron chi connectivity index (χ1n) is 3.33. The Labute approximate surface area is 59.7 Å². The van der Waals surface area contributed by atoms with E-state index in [1.807, 2.05) is 0 Å². The molecule has 0 aromatic rings. The van der Waals surface area contributed by atoms with E-state index in [2.05, 4.69) is 5.32 Å². The summed E-state index contributed by atoms with van der Waals surface area (Å²) in [6.07, 6.45) is 0. The third kappa shape index (κ3) is 1.28. The molecule has 1 fully saturated rings. The van der Waals surface area contributed by atoms with Crippen LogP contribution < -0.4 is 11.1 Å². The third-order valence-corrected chi connectivity index (χ3v) is 1.83. The lowest BCUT2D eigenvalue weighted by molar-refractivity contribution is 0.0451. The summed E-state index contributed by atoms with van der Waals surface area (Å²) in [6.45, 7) is 0.934. The van der Waals surface area contributed by atoms with Gasteiger partial charge in [-0.3, -0.25) is 0 Å². The van der Waals surface area contributed by atoms with Crippen molar-refractivity contribution in [2.24, 2.45) is 5.73 Å². The number of hydrogen-bond donors (Lipinski definition) is 2. The molecule has 0 radical (unpaired) electrons. The zero-order valence-electron chi connectivity index (χ0n) is 6.06. The molecule has 0 aromatic heterocycles. The van der Waals surface area contributed by atoms with Gasteiger partial charge in [0.2, 0.25) is 0 Å². The Morgan fingerprint density at radius 1 is 1.90 bits per heavy atom. The van der Waals surface area contributed by atoms with Gasteiger partial charge >= 0.3 is 0 Å². The number of nitrogens with two attached hydrogens (primary N) is 1. The zero-order valence-corrected chi connectivity index (χ0v) is 6.06. The lowest BCUT2D eigenvalue weighted by Gasteiger charge is -2.21. The van der Waals surface area contributed by atoms with Crippen molar-refractivity contribution in [3.8, 4) is 0 Å². The monoisotopic (exact) mass is 148 g/mol. The van der Waals surface area contributed by atoms with Gasteiger partial charge in [-0.05, 0) is 0 Å². The van der Waals surface area contributed by atoms with E-state index >= 15 is 0 Å². The molecule has 0 aromatic carbocycles. The topological polar surface area (TPSA) is 47.3 Å². The first kappa shape index (κ1) is 7.91. The highest BCUT2D eigenvalue weighted by Gasteiger charge is 2.41. The predicted molar refractivity (Wildman–Crippen MR) is 36.6 cm³/mol. The van der Waals surface area contributed by atoms with Crippen LogP contribution in [0.4, 0.5) is 4.39 Å². The van der Waals surface area contributed by atoms with Gasteiger partial charge in [-0.15, -0.1) is 0 Å². The van der Waals surface area contributed by atoms with Crippen molar-refractivity contribution in [2.45, 2.75) is 11.7 Å². The van der Waals surface area contributed by atoms with E-state index in [0.29, 0.717) is 13.1 Å². The first-order valence-corrected chi connectivity index (χ1v) is 3.33. The summed E-state index contributed by atoms with van der Waals surface area (Å²) < 4.78 is 18.1. The molecule has 0 saturated carbocycles. The highest BCUT2D eigenvalue weighted by atomic mass is 19.1. The highest BCUT2D eigenvalue weighted by molar-refractivity contribution is 4.98. The molecular formula is C6H13FN2O. The number of rotatable bonds is 2. The van der Waals surface area contributed by atoms with Gasteiger partial charge < -0.3 is 15.8 Å². The Morgan fingerprint density at radius 2 is 2.60 bits per heavy atom. The van der Waals surface area contributed by atoms with Gasteiger partial charge in [0.05, 0.1) is 12.6 Å². The average molecular weight is 148 g/mol. The first-order chi connectivity index (χ1) is 4.69. The van der Waals surface area contributed by atoms with Gasteiger partial charge in [0.15, 0.2) is 5.67 Å². The maximum absolute atomic E-state index is 13.4. The molecule has 1 rings (SSSR count). The Kier molecular flexibility index (Phi) is 2.23. The Balaban J connectivity index is 2.48. The quantitative estimate of drug-likeness (QED) is 0.543. The molecular weight excluding hydrogens is 135 g/mol. The Hall–Kier alpha value is -0.190. The second kappa shape index (κ2) is 2.82. The lowest BCUT2D eigenvalue weighted by atomic mass is 10.0. The van der Waals surface area contributed by atoms with Gasteiger partial charge in [0.1, 0.15) is 0 Å². The van der Waals surface area contributed by atoms with Gasteiger partial charge in [0.25, 0.3) is 0 Å². The summed E-state index contributed by atoms with van der Waals surface area (Å²) in [5.74, 6) is 0. The molecule has 0 bridgehead atoms. The predicted octanol–water partition coefficient (Wildman–Crippen LogP) is -0.728. The number of nitrogens with one attached hydrogen (secondary N) is 1. The molecule has 3 N–H and O–H groups in total. The van der Waals surface area contributed by atoms with E-state index in [0.717, 1.165) is 0 Å². The van der Waals surface area contributed by atoms with Crippen LogP contribution in [0, 0.1) is 0 Å². The van der Waals surface area contributed by atoms with Crippen LogP contribution in [0.15, 0.2) is 0 Å². The van der Waals surface area contributed by atoms with E-state index in [-0.39, 0.29) is 6.61 Å². The summed E-state index contributed by atoms with van der Waals surface area (Å²) >= 11 is 0. The third-order valence-electron chi connectivity index (χ3n) is 1.83. The number of ether oxygens (including phenoxy) is 1. The summed E-state index contributed by atoms with van der Waals surface area (Å²) in [4.78, 5) is 0. The van der Waals surface area contributed by atoms with Crippen LogP contribution in [0.25, 0.3) is 0 Å². The molecule has 3 nitrogen and oxygen atoms in total. The molecule has 2 unspecified atom stereocenters. The minimum absolute atomic E-state index is 0.0845. The molecule has 2 atom stereocenters. The molecule has 1 saturated heterocycles. The molecule has 1 heterocycles. The summed E-state index contributed by atoms with van der Waals surface area (Å²) in [7, 11) is 1.48. The fourth-order valence-electron chi connectivity index (χ4n) is 1.15. The van der Waals surface area contributed by atoms with Crippen molar-refractivity contribution < 1.29 is 9.13 Å². The fraction of sp³-hybridized carbons (Fsp3) is 1.00. The minimum atomic E-state index is -1.35. The van der Waals surface area contributed by atoms with Gasteiger partial charge in [0, 0.05) is 20.2 Å². The highest BCUT2D eigenvalue weighted by Crippen LogP contribution is 2.18. The second-order valence-electron chi connectivity index (χ2n) is 2.71. The van der Waals surface area contributed by atoms with Crippen LogP contribution in [0.2, 0.25) is 0 Å². The SMILES string of the molecule is COCC1(F)CNCC1N. The molecule has 0 aliphatic carbocycles. The minimum Gasteiger partial charge on any atom is -0.381 e. The molecule has 0 spiro atoms. The Bertz CT molecular complexity index is 122. The average Bonchev–Trinajstić information content (AvgIpc) is 2.15. The van der Waals surface area contributed by atoms with E-state index in [1.54, 1.807) is 0 Å². The van der Waals surface area contributed by atoms with Crippen LogP contribution in [0.5, 0.6) is 0 Å². The second-order valence-corrected chi connectivity index (χ2v) is 2.71. The number of halogens is 1. The summed E-state index contributed by atoms with van der Waals surface area (Å²) in [5, 5.41) is 2.87. The van der Waals surface area contributed by atoms with Crippen molar-refractivity contribution in [1.29, 1.82) is 0 Å². The molecule has 0 amide bonds. The van der Waals surface area contributed by atoms with Gasteiger partial charge in [-0.2, -0.15) is 0 Å². The van der Waals surface area contributed by atoms with Crippen LogP contribution in [0.1, 0.15) is 0 Å². The number of alkyl halides is 1. The van der Waals surface area contributed by atoms with Crippen molar-refractivity contribution in [2.75, 3.05) is 26.8 Å². The van der Waals surface area contributed by atoms with Gasteiger partial charge in [-0.1, -0.05) is 0 Å². The Morgan fingerprint density at radius 3 is 3.00 bits per heavy atom. The normalized spacial score (nSPS) is 40.5. The fourth-order valence-corrected chi connectivity index (χ4v) is 1.15. The van der Waals surface area contributed by atoms with Crippen LogP contribution in [-0.4, -0.2) is 38.5 Å². The van der Waals surface area contributed by atoms with Crippen molar-refractivity contribution in [3.05, 3.63) is 0 Å². The summed E-state index contributed by atoms with van der Waals surface area (Å²) in [6, 6.07) is -0.424. The van der Waals surface area contributed by atoms with Crippen molar-refractivity contribution >= 4 is 0 Å². The zero-order chi connectivity index (χ0) is 7.61. The molecule has 10 heavy (non-hydrogen) atoms. The van der Waals surface area contributed by atoms with E-state index < -0.39 is 11.7 Å². The number of methoxy groups -OCH3 is 1. The molecule has 1 aliphatic heterocycles. The smallest absolute Gasteiger partial charge is 0.162 e. The maximum atomic E-state index is 13.4. The van der Waals surface area contributed by atoms with Crippen LogP contribution >= 0.6 is 0 Å². The van der Waals surface area contributed by atoms with Crippen LogP contribution in [0.3, 0.4) is 0 Å². The van der Waals surface area contributed by atoms with Gasteiger partial charge in [-0.25, -0.2) is 4.39 Å². The molecule has 60 valence electrons. The van der Waals surface area contributed by atoms with Crippen LogP contribution in [-0.2, 0) is 4.74 Å². The van der Waals surface area contributed by atoms with E-state index in [1.165, 1.54) is 7.11 Å². The van der Waals surface area contributed by atoms with E-state index in [4.69, 9.17) is 10.5 Å². The maximum Gasteiger partial charge on any atom is 0.162 e. The summed E-state index contributed by atoms with van der Waals surface area (Å²) in [5.41, 5.74) is 4.13.